The molecule has 3 heterocycles. The van der Waals surface area contributed by atoms with Gasteiger partial charge < -0.3 is 57.0 Å². The maximum Gasteiger partial charge on any atom is 0.338 e. The van der Waals surface area contributed by atoms with E-state index in [0.29, 0.717) is 29.4 Å². The van der Waals surface area contributed by atoms with Crippen molar-refractivity contribution >= 4 is 50.7 Å². The smallest absolute Gasteiger partial charge is 0.338 e. The molecule has 23 heteroatoms. The number of thioether (sulfide) groups is 1. The Hall–Kier alpha value is -6.12. The maximum atomic E-state index is 15.3. The fourth-order valence-corrected chi connectivity index (χ4v) is 20.9. The minimum absolute atomic E-state index is 0.0386. The molecule has 478 valence electrons. The van der Waals surface area contributed by atoms with E-state index in [-0.39, 0.29) is 50.4 Å². The number of azide groups is 2. The summed E-state index contributed by atoms with van der Waals surface area (Å²) >= 11 is 1.42. The summed E-state index contributed by atoms with van der Waals surface area (Å²) in [6, 6.07) is 46.6. The lowest BCUT2D eigenvalue weighted by atomic mass is 9.80. The molecular weight excluding hydrogens is 1190 g/mol. The summed E-state index contributed by atoms with van der Waals surface area (Å²) < 4.78 is 68.6. The normalized spacial score (nSPS) is 26.5. The Morgan fingerprint density at radius 1 is 0.742 bits per heavy atom. The summed E-state index contributed by atoms with van der Waals surface area (Å²) in [4.78, 5) is 35.9. The van der Waals surface area contributed by atoms with E-state index in [4.69, 9.17) is 46.7 Å². The van der Waals surface area contributed by atoms with Crippen molar-refractivity contribution in [2.75, 3.05) is 26.9 Å². The van der Waals surface area contributed by atoms with Gasteiger partial charge in [-0.15, -0.1) is 0 Å². The van der Waals surface area contributed by atoms with Crippen LogP contribution >= 0.6 is 11.8 Å². The number of benzene rings is 5. The van der Waals surface area contributed by atoms with E-state index in [1.54, 1.807) is 49.6 Å². The van der Waals surface area contributed by atoms with Crippen molar-refractivity contribution in [2.45, 2.75) is 188 Å². The van der Waals surface area contributed by atoms with Gasteiger partial charge in [-0.05, 0) is 98.9 Å². The highest BCUT2D eigenvalue weighted by atomic mass is 32.2. The number of aliphatic hydroxyl groups is 2. The number of carbonyl (C=O) groups is 2. The van der Waals surface area contributed by atoms with E-state index in [9.17, 15) is 26.1 Å². The second-order valence-corrected chi connectivity index (χ2v) is 34.8. The number of nitrogens with zero attached hydrogens (tertiary/aromatic N) is 6. The van der Waals surface area contributed by atoms with Crippen LogP contribution in [-0.4, -0.2) is 138 Å². The maximum absolute atomic E-state index is 15.3. The van der Waals surface area contributed by atoms with E-state index in [2.05, 4.69) is 65.1 Å². The number of aliphatic hydroxyl groups excluding tert-OH is 1. The third-order valence-corrected chi connectivity index (χ3v) is 27.9. The Morgan fingerprint density at radius 2 is 1.33 bits per heavy atom. The van der Waals surface area contributed by atoms with Gasteiger partial charge >= 0.3 is 11.9 Å². The van der Waals surface area contributed by atoms with Crippen LogP contribution in [0.15, 0.2) is 161 Å². The lowest BCUT2D eigenvalue weighted by Crippen LogP contribution is -2.69. The Labute approximate surface area is 528 Å². The Bertz CT molecular complexity index is 3100. The van der Waals surface area contributed by atoms with E-state index in [1.807, 2.05) is 113 Å². The van der Waals surface area contributed by atoms with Gasteiger partial charge in [0.1, 0.15) is 48.3 Å². The third kappa shape index (κ3) is 16.9. The Kier molecular flexibility index (Phi) is 24.2. The summed E-state index contributed by atoms with van der Waals surface area (Å²) in [7, 11) is -4.57. The van der Waals surface area contributed by atoms with Gasteiger partial charge in [0, 0.05) is 40.4 Å². The van der Waals surface area contributed by atoms with Crippen molar-refractivity contribution in [2.24, 2.45) is 16.1 Å². The van der Waals surface area contributed by atoms with Gasteiger partial charge in [-0.2, -0.15) is 0 Å². The van der Waals surface area contributed by atoms with Crippen LogP contribution < -0.4 is 15.1 Å². The van der Waals surface area contributed by atoms with Gasteiger partial charge in [-0.1, -0.05) is 187 Å². The molecule has 20 nitrogen and oxygen atoms in total. The summed E-state index contributed by atoms with van der Waals surface area (Å²) in [5.74, 6) is -0.696. The van der Waals surface area contributed by atoms with Crippen LogP contribution in [0.2, 0.25) is 23.2 Å². The van der Waals surface area contributed by atoms with Crippen LogP contribution in [0.4, 0.5) is 0 Å². The number of hydrogen-bond acceptors (Lipinski definition) is 17. The zero-order chi connectivity index (χ0) is 63.8. The predicted octanol–water partition coefficient (Wildman–Crippen LogP) is 12.0. The molecule has 0 spiro atoms. The van der Waals surface area contributed by atoms with Gasteiger partial charge in [0.2, 0.25) is 0 Å². The fourth-order valence-electron chi connectivity index (χ4n) is 12.4. The van der Waals surface area contributed by atoms with Gasteiger partial charge in [0.15, 0.2) is 32.2 Å². The SMILES string of the molecule is CC[Si](CC)(CC)O[C@H]1[C@@H](COC(=O)CC(C)C)O[C@H](O[C@H]2[C@@H](CO[Si](c3ccccc3)(c3ccccc3)C(C)(C)C)O[C@H](OC[C@H]3O[C@H](Sc4ccccc4)C[C@@H](N=[N+]=[N-])[C@H]3O)C[C@@]2(Cc2ccc(OC)cc2)OC(=O)c2ccccc2)C[C@]1(O)N=[N+]=[N-]. The van der Waals surface area contributed by atoms with Crippen molar-refractivity contribution in [3.8, 4) is 5.75 Å². The molecule has 5 aromatic rings. The minimum atomic E-state index is -3.46. The molecule has 0 amide bonds. The number of methoxy groups -OCH3 is 1. The number of hydrogen-bond donors (Lipinski definition) is 2. The highest BCUT2D eigenvalue weighted by Crippen LogP contribution is 2.46. The molecule has 3 aliphatic rings. The molecule has 89 heavy (non-hydrogen) atoms. The van der Waals surface area contributed by atoms with Crippen molar-refractivity contribution < 1.29 is 66.5 Å². The molecular formula is C66H86N6O14SSi2. The first kappa shape index (κ1) is 68.8. The van der Waals surface area contributed by atoms with E-state index >= 15 is 4.79 Å². The number of rotatable bonds is 28. The average molecular weight is 1280 g/mol. The minimum Gasteiger partial charge on any atom is -0.497 e. The predicted molar refractivity (Wildman–Crippen MR) is 343 cm³/mol. The molecule has 3 aliphatic heterocycles. The molecule has 2 N–H and O–H groups in total. The molecule has 8 rings (SSSR count). The summed E-state index contributed by atoms with van der Waals surface area (Å²) in [5.41, 5.74) is 16.2. The molecule has 5 aromatic carbocycles. The molecule has 3 fully saturated rings. The molecule has 0 aromatic heterocycles. The monoisotopic (exact) mass is 1270 g/mol. The number of ether oxygens (including phenoxy) is 8. The van der Waals surface area contributed by atoms with Crippen molar-refractivity contribution in [3.05, 3.63) is 178 Å². The average Bonchev–Trinajstić information content (AvgIpc) is 0.826. The van der Waals surface area contributed by atoms with Crippen molar-refractivity contribution in [1.82, 2.24) is 0 Å². The molecule has 0 saturated carbocycles. The van der Waals surface area contributed by atoms with Crippen molar-refractivity contribution in [3.63, 3.8) is 0 Å². The third-order valence-electron chi connectivity index (χ3n) is 17.1. The number of carbonyl (C=O) groups excluding carboxylic acids is 2. The zero-order valence-electron chi connectivity index (χ0n) is 52.4. The van der Waals surface area contributed by atoms with Crippen molar-refractivity contribution in [1.29, 1.82) is 0 Å². The van der Waals surface area contributed by atoms with Crippen LogP contribution in [0.25, 0.3) is 20.9 Å². The van der Waals surface area contributed by atoms with Gasteiger partial charge in [0.25, 0.3) is 8.32 Å². The number of esters is 2. The topological polar surface area (TPSA) is 264 Å². The summed E-state index contributed by atoms with van der Waals surface area (Å²) in [5, 5.41) is 34.4. The lowest BCUT2D eigenvalue weighted by Gasteiger charge is -2.53. The summed E-state index contributed by atoms with van der Waals surface area (Å²) in [6.45, 7) is 15.4. The van der Waals surface area contributed by atoms with E-state index in [1.165, 1.54) is 11.8 Å². The highest BCUT2D eigenvalue weighted by Gasteiger charge is 2.60. The zero-order valence-corrected chi connectivity index (χ0v) is 55.2. The lowest BCUT2D eigenvalue weighted by molar-refractivity contribution is -0.348. The van der Waals surface area contributed by atoms with Crippen LogP contribution in [0.1, 0.15) is 97.0 Å². The first-order valence-electron chi connectivity index (χ1n) is 30.7. The first-order chi connectivity index (χ1) is 42.7. The summed E-state index contributed by atoms with van der Waals surface area (Å²) in [6.07, 6.45) is -10.8. The molecule has 0 radical (unpaired) electrons. The van der Waals surface area contributed by atoms with Crippen LogP contribution in [0, 0.1) is 5.92 Å². The molecule has 0 unspecified atom stereocenters. The Morgan fingerprint density at radius 3 is 1.89 bits per heavy atom. The standard InChI is InChI=1S/C66H86N6O14SSi2/c1-10-88(11-2,12-3)86-62-54(43-78-56(73)37-45(4)5)82-58(41-66(62,76)70-72-68)84-61-55(44-80-89(64(6,7)8,50-29-21-15-22-30-50)51-31-23-16-24-32-51)81-57(79-42-53-60(74)52(69-71-67)38-59(83-53)87-49-27-19-14-20-28-49)40-65(61,39-46-33-35-48(77-9)36-34-46)85-63(75)47-25-17-13-18-26-47/h13-36,45,52-55,57-62,74,76H,10-12,37-44H2,1-9H3/t52-,53-,54-,55-,57+,58-,59-,60-,61+,62+,65-,66-/m1/s1. The molecule has 0 bridgehead atoms. The quantitative estimate of drug-likeness (QED) is 0.0155. The van der Waals surface area contributed by atoms with Gasteiger partial charge in [0.05, 0.1) is 38.0 Å². The Balaban J connectivity index is 1.31. The first-order valence-corrected chi connectivity index (χ1v) is 36.0. The van der Waals surface area contributed by atoms with Crippen LogP contribution in [0.3, 0.4) is 0 Å². The van der Waals surface area contributed by atoms with E-state index in [0.717, 1.165) is 15.3 Å². The highest BCUT2D eigenvalue weighted by molar-refractivity contribution is 7.99. The molecule has 12 atom stereocenters. The molecule has 0 aliphatic carbocycles. The van der Waals surface area contributed by atoms with Gasteiger partial charge in [-0.25, -0.2) is 4.79 Å². The molecule has 3 saturated heterocycles. The largest absolute Gasteiger partial charge is 0.497 e. The van der Waals surface area contributed by atoms with Gasteiger partial charge in [-0.3, -0.25) is 4.79 Å². The second-order valence-electron chi connectivity index (χ2n) is 24.5. The second kappa shape index (κ2) is 31.3. The van der Waals surface area contributed by atoms with E-state index < -0.39 is 119 Å². The fraction of sp³-hybridized carbons (Fsp3) is 0.515. The van der Waals surface area contributed by atoms with Crippen LogP contribution in [-0.2, 0) is 53.2 Å². The van der Waals surface area contributed by atoms with Crippen LogP contribution in [0.5, 0.6) is 5.75 Å².